The summed E-state index contributed by atoms with van der Waals surface area (Å²) in [6, 6.07) is 0. The summed E-state index contributed by atoms with van der Waals surface area (Å²) < 4.78 is 7.44. The molecule has 0 aliphatic carbocycles. The number of aromatic nitrogens is 3. The maximum Gasteiger partial charge on any atom is 0.247 e. The van der Waals surface area contributed by atoms with Crippen LogP contribution in [0.4, 0.5) is 0 Å². The minimum Gasteiger partial charge on any atom is -0.440 e. The molecule has 2 rings (SSSR count). The summed E-state index contributed by atoms with van der Waals surface area (Å²) >= 11 is 0. The van der Waals surface area contributed by atoms with Crippen LogP contribution in [0.1, 0.15) is 23.9 Å². The Balaban J connectivity index is 2.53. The van der Waals surface area contributed by atoms with Gasteiger partial charge in [-0.05, 0) is 27.7 Å². The van der Waals surface area contributed by atoms with Crippen molar-refractivity contribution in [1.82, 2.24) is 14.8 Å². The molecule has 0 radical (unpaired) electrons. The molecule has 0 fully saturated rings. The van der Waals surface area contributed by atoms with Crippen molar-refractivity contribution in [2.45, 2.75) is 34.2 Å². The third kappa shape index (κ3) is 1.56. The molecule has 80 valence electrons. The van der Waals surface area contributed by atoms with Crippen LogP contribution in [-0.2, 0) is 6.54 Å². The fraction of sp³-hybridized carbons (Fsp3) is 0.455. The lowest BCUT2D eigenvalue weighted by Gasteiger charge is -1.96. The van der Waals surface area contributed by atoms with Gasteiger partial charge in [-0.15, -0.1) is 0 Å². The number of hydrogen-bond donors (Lipinski definition) is 0. The van der Waals surface area contributed by atoms with E-state index in [4.69, 9.17) is 4.42 Å². The monoisotopic (exact) mass is 205 g/mol. The molecule has 15 heavy (non-hydrogen) atoms. The Bertz CT molecular complexity index is 482. The topological polar surface area (TPSA) is 43.9 Å². The highest BCUT2D eigenvalue weighted by Crippen LogP contribution is 2.23. The minimum atomic E-state index is 0.611. The van der Waals surface area contributed by atoms with Gasteiger partial charge in [0.05, 0.1) is 6.20 Å². The zero-order chi connectivity index (χ0) is 11.0. The minimum absolute atomic E-state index is 0.611. The van der Waals surface area contributed by atoms with E-state index in [9.17, 15) is 0 Å². The van der Waals surface area contributed by atoms with Crippen LogP contribution < -0.4 is 0 Å². The van der Waals surface area contributed by atoms with Crippen molar-refractivity contribution in [1.29, 1.82) is 0 Å². The Morgan fingerprint density at radius 2 is 2.07 bits per heavy atom. The number of aryl methyl sites for hydroxylation is 2. The lowest BCUT2D eigenvalue weighted by Crippen LogP contribution is -1.98. The van der Waals surface area contributed by atoms with Gasteiger partial charge >= 0.3 is 0 Å². The van der Waals surface area contributed by atoms with Gasteiger partial charge in [0, 0.05) is 17.8 Å². The third-order valence-corrected chi connectivity index (χ3v) is 2.63. The Morgan fingerprint density at radius 1 is 1.33 bits per heavy atom. The molecule has 4 heteroatoms. The Hall–Kier alpha value is -1.58. The van der Waals surface area contributed by atoms with Gasteiger partial charge in [0.25, 0.3) is 0 Å². The van der Waals surface area contributed by atoms with Crippen LogP contribution in [0.25, 0.3) is 11.6 Å². The maximum atomic E-state index is 5.48. The van der Waals surface area contributed by atoms with E-state index < -0.39 is 0 Å². The van der Waals surface area contributed by atoms with Crippen LogP contribution in [0, 0.1) is 20.8 Å². The van der Waals surface area contributed by atoms with Crippen LogP contribution >= 0.6 is 0 Å². The van der Waals surface area contributed by atoms with Gasteiger partial charge in [-0.2, -0.15) is 5.10 Å². The van der Waals surface area contributed by atoms with E-state index in [1.807, 2.05) is 18.5 Å². The molecule has 0 N–H and O–H groups in total. The molecule has 0 atom stereocenters. The van der Waals surface area contributed by atoms with Crippen molar-refractivity contribution in [3.05, 3.63) is 23.2 Å². The van der Waals surface area contributed by atoms with E-state index in [2.05, 4.69) is 23.9 Å². The summed E-state index contributed by atoms with van der Waals surface area (Å²) in [4.78, 5) is 4.19. The molecule has 2 heterocycles. The van der Waals surface area contributed by atoms with Crippen molar-refractivity contribution >= 4 is 0 Å². The molecular weight excluding hydrogens is 190 g/mol. The molecule has 0 saturated heterocycles. The predicted molar refractivity (Wildman–Crippen MR) is 57.6 cm³/mol. The standard InChI is InChI=1S/C11H15N3O/c1-5-14-9(4)8(3)10(13-14)11-12-6-7(2)15-11/h6H,5H2,1-4H3. The van der Waals surface area contributed by atoms with E-state index in [1.165, 1.54) is 5.69 Å². The summed E-state index contributed by atoms with van der Waals surface area (Å²) in [7, 11) is 0. The SMILES string of the molecule is CCn1nc(-c2ncc(C)o2)c(C)c1C. The van der Waals surface area contributed by atoms with Gasteiger partial charge in [-0.1, -0.05) is 0 Å². The summed E-state index contributed by atoms with van der Waals surface area (Å²) in [6.07, 6.45) is 1.72. The van der Waals surface area contributed by atoms with Crippen LogP contribution in [0.15, 0.2) is 10.6 Å². The van der Waals surface area contributed by atoms with E-state index in [1.54, 1.807) is 6.20 Å². The highest BCUT2D eigenvalue weighted by molar-refractivity contribution is 5.54. The van der Waals surface area contributed by atoms with Crippen molar-refractivity contribution in [3.63, 3.8) is 0 Å². The van der Waals surface area contributed by atoms with Crippen molar-refractivity contribution < 1.29 is 4.42 Å². The lowest BCUT2D eigenvalue weighted by molar-refractivity contribution is 0.537. The van der Waals surface area contributed by atoms with Crippen molar-refractivity contribution in [3.8, 4) is 11.6 Å². The summed E-state index contributed by atoms with van der Waals surface area (Å²) in [6.45, 7) is 8.93. The first-order valence-corrected chi connectivity index (χ1v) is 5.10. The highest BCUT2D eigenvalue weighted by Gasteiger charge is 2.15. The van der Waals surface area contributed by atoms with E-state index in [-0.39, 0.29) is 0 Å². The zero-order valence-electron chi connectivity index (χ0n) is 9.53. The first-order chi connectivity index (χ1) is 7.13. The van der Waals surface area contributed by atoms with Crippen molar-refractivity contribution in [2.24, 2.45) is 0 Å². The van der Waals surface area contributed by atoms with E-state index in [0.29, 0.717) is 5.89 Å². The van der Waals surface area contributed by atoms with Crippen LogP contribution in [0.5, 0.6) is 0 Å². The summed E-state index contributed by atoms with van der Waals surface area (Å²) in [5.74, 6) is 1.42. The lowest BCUT2D eigenvalue weighted by atomic mass is 10.2. The van der Waals surface area contributed by atoms with Gasteiger partial charge in [0.1, 0.15) is 5.76 Å². The predicted octanol–water partition coefficient (Wildman–Crippen LogP) is 2.48. The zero-order valence-corrected chi connectivity index (χ0v) is 9.53. The Morgan fingerprint density at radius 3 is 2.53 bits per heavy atom. The molecule has 0 amide bonds. The highest BCUT2D eigenvalue weighted by atomic mass is 16.4. The summed E-state index contributed by atoms with van der Waals surface area (Å²) in [5, 5.41) is 4.47. The van der Waals surface area contributed by atoms with E-state index >= 15 is 0 Å². The van der Waals surface area contributed by atoms with Gasteiger partial charge < -0.3 is 4.42 Å². The maximum absolute atomic E-state index is 5.48. The number of rotatable bonds is 2. The van der Waals surface area contributed by atoms with Crippen LogP contribution in [0.3, 0.4) is 0 Å². The molecular formula is C11H15N3O. The average molecular weight is 205 g/mol. The first-order valence-electron chi connectivity index (χ1n) is 5.10. The quantitative estimate of drug-likeness (QED) is 0.756. The molecule has 0 aromatic carbocycles. The molecule has 0 spiro atoms. The third-order valence-electron chi connectivity index (χ3n) is 2.63. The van der Waals surface area contributed by atoms with E-state index in [0.717, 1.165) is 23.6 Å². The van der Waals surface area contributed by atoms with Crippen molar-refractivity contribution in [2.75, 3.05) is 0 Å². The molecule has 2 aromatic heterocycles. The number of oxazole rings is 1. The van der Waals surface area contributed by atoms with Crippen LogP contribution in [-0.4, -0.2) is 14.8 Å². The second-order valence-corrected chi connectivity index (χ2v) is 3.65. The number of hydrogen-bond acceptors (Lipinski definition) is 3. The van der Waals surface area contributed by atoms with Gasteiger partial charge in [-0.25, -0.2) is 4.98 Å². The molecule has 4 nitrogen and oxygen atoms in total. The molecule has 0 bridgehead atoms. The van der Waals surface area contributed by atoms with Gasteiger partial charge in [0.15, 0.2) is 5.69 Å². The second-order valence-electron chi connectivity index (χ2n) is 3.65. The fourth-order valence-corrected chi connectivity index (χ4v) is 1.61. The van der Waals surface area contributed by atoms with Crippen LogP contribution in [0.2, 0.25) is 0 Å². The Labute approximate surface area is 88.9 Å². The molecule has 0 saturated carbocycles. The van der Waals surface area contributed by atoms with Gasteiger partial charge in [0.2, 0.25) is 5.89 Å². The largest absolute Gasteiger partial charge is 0.440 e. The number of nitrogens with zero attached hydrogens (tertiary/aromatic N) is 3. The normalized spacial score (nSPS) is 10.9. The average Bonchev–Trinajstić information content (AvgIpc) is 2.74. The first kappa shape index (κ1) is 9.96. The fourth-order valence-electron chi connectivity index (χ4n) is 1.61. The Kier molecular flexibility index (Phi) is 2.34. The second kappa shape index (κ2) is 3.53. The summed E-state index contributed by atoms with van der Waals surface area (Å²) in [5.41, 5.74) is 3.16. The molecule has 0 unspecified atom stereocenters. The smallest absolute Gasteiger partial charge is 0.247 e. The van der Waals surface area contributed by atoms with Gasteiger partial charge in [-0.3, -0.25) is 4.68 Å². The molecule has 0 aliphatic heterocycles. The molecule has 0 aliphatic rings. The molecule has 2 aromatic rings.